The van der Waals surface area contributed by atoms with Crippen molar-refractivity contribution in [1.82, 2.24) is 0 Å². The van der Waals surface area contributed by atoms with Crippen LogP contribution in [0.5, 0.6) is 11.5 Å². The fourth-order valence-electron chi connectivity index (χ4n) is 4.20. The van der Waals surface area contributed by atoms with E-state index in [1.165, 1.54) is 0 Å². The lowest BCUT2D eigenvalue weighted by Gasteiger charge is -2.14. The van der Waals surface area contributed by atoms with Gasteiger partial charge in [0, 0.05) is 46.7 Å². The Morgan fingerprint density at radius 1 is 1.08 bits per heavy atom. The predicted octanol–water partition coefficient (Wildman–Crippen LogP) is 4.93. The number of fused-ring (bicyclic) bond motifs is 1. The van der Waals surface area contributed by atoms with Crippen molar-refractivity contribution in [1.29, 1.82) is 0 Å². The zero-order chi connectivity index (χ0) is 26.4. The van der Waals surface area contributed by atoms with Gasteiger partial charge in [0.15, 0.2) is 0 Å². The van der Waals surface area contributed by atoms with E-state index in [0.29, 0.717) is 58.1 Å². The average Bonchev–Trinajstić information content (AvgIpc) is 3.30. The highest BCUT2D eigenvalue weighted by Crippen LogP contribution is 2.36. The molecule has 0 aliphatic heterocycles. The van der Waals surface area contributed by atoms with Gasteiger partial charge in [-0.05, 0) is 36.8 Å². The zero-order valence-electron chi connectivity index (χ0n) is 20.9. The summed E-state index contributed by atoms with van der Waals surface area (Å²) in [7, 11) is 1.55. The molecule has 0 saturated carbocycles. The van der Waals surface area contributed by atoms with E-state index in [2.05, 4.69) is 0 Å². The molecular weight excluding hydrogens is 477 g/mol. The second-order valence-corrected chi connectivity index (χ2v) is 8.47. The van der Waals surface area contributed by atoms with Crippen molar-refractivity contribution in [3.8, 4) is 22.6 Å². The van der Waals surface area contributed by atoms with Gasteiger partial charge in [-0.1, -0.05) is 24.3 Å². The van der Waals surface area contributed by atoms with E-state index in [1.54, 1.807) is 50.4 Å². The number of aliphatic hydroxyl groups excluding tert-OH is 1. The van der Waals surface area contributed by atoms with E-state index in [0.717, 1.165) is 10.9 Å². The molecule has 4 aromatic rings. The van der Waals surface area contributed by atoms with Crippen molar-refractivity contribution in [2.75, 3.05) is 20.3 Å². The Labute approximate surface area is 214 Å². The molecule has 0 unspecified atom stereocenters. The summed E-state index contributed by atoms with van der Waals surface area (Å²) in [4.78, 5) is 12.1. The summed E-state index contributed by atoms with van der Waals surface area (Å²) >= 11 is 0. The SMILES string of the molecule is CCOC(=O)Cc1ccc(OC)cc1OCc1cc(-c2cccc(CN)c2F)c2oc(CCO)cc2c1. The van der Waals surface area contributed by atoms with Gasteiger partial charge >= 0.3 is 5.97 Å². The van der Waals surface area contributed by atoms with E-state index in [1.807, 2.05) is 18.2 Å². The van der Waals surface area contributed by atoms with Gasteiger partial charge in [-0.2, -0.15) is 0 Å². The molecule has 7 nitrogen and oxygen atoms in total. The average molecular weight is 508 g/mol. The fraction of sp³-hybridized carbons (Fsp3) is 0.276. The molecule has 0 fully saturated rings. The number of furan rings is 1. The summed E-state index contributed by atoms with van der Waals surface area (Å²) in [5.74, 6) is 0.901. The molecule has 0 bridgehead atoms. The van der Waals surface area contributed by atoms with Crippen LogP contribution in [0, 0.1) is 5.82 Å². The third-order valence-electron chi connectivity index (χ3n) is 5.98. The van der Waals surface area contributed by atoms with Crippen molar-refractivity contribution in [2.45, 2.75) is 32.9 Å². The molecule has 0 saturated heterocycles. The first-order valence-electron chi connectivity index (χ1n) is 12.1. The Morgan fingerprint density at radius 2 is 1.92 bits per heavy atom. The van der Waals surface area contributed by atoms with Crippen molar-refractivity contribution in [3.63, 3.8) is 0 Å². The minimum atomic E-state index is -0.408. The van der Waals surface area contributed by atoms with E-state index in [4.69, 9.17) is 24.4 Å². The standard InChI is InChI=1S/C29H30FNO6/c1-3-35-27(33)14-19-7-8-22(34-2)15-26(19)36-17-18-11-21-13-23(9-10-32)37-29(21)25(12-18)24-6-4-5-20(16-31)28(24)30/h4-8,11-13,15,32H,3,9-10,14,16-17,31H2,1-2H3. The number of rotatable bonds is 11. The number of hydrogen-bond acceptors (Lipinski definition) is 7. The number of carbonyl (C=O) groups excluding carboxylic acids is 1. The summed E-state index contributed by atoms with van der Waals surface area (Å²) in [6.07, 6.45) is 0.396. The highest BCUT2D eigenvalue weighted by atomic mass is 19.1. The number of carbonyl (C=O) groups is 1. The molecule has 1 aromatic heterocycles. The molecule has 37 heavy (non-hydrogen) atoms. The van der Waals surface area contributed by atoms with Crippen LogP contribution in [0.15, 0.2) is 59.0 Å². The number of esters is 1. The van der Waals surface area contributed by atoms with Crippen LogP contribution in [0.3, 0.4) is 0 Å². The van der Waals surface area contributed by atoms with Crippen LogP contribution in [-0.2, 0) is 35.5 Å². The number of ether oxygens (including phenoxy) is 3. The third kappa shape index (κ3) is 5.93. The quantitative estimate of drug-likeness (QED) is 0.278. The maximum Gasteiger partial charge on any atom is 0.310 e. The Balaban J connectivity index is 1.73. The molecule has 0 spiro atoms. The van der Waals surface area contributed by atoms with E-state index >= 15 is 4.39 Å². The van der Waals surface area contributed by atoms with Gasteiger partial charge in [-0.25, -0.2) is 4.39 Å². The van der Waals surface area contributed by atoms with Crippen molar-refractivity contribution >= 4 is 16.9 Å². The van der Waals surface area contributed by atoms with E-state index in [-0.39, 0.29) is 32.1 Å². The number of benzene rings is 3. The van der Waals surface area contributed by atoms with Gasteiger partial charge in [0.05, 0.1) is 26.7 Å². The van der Waals surface area contributed by atoms with Crippen LogP contribution >= 0.6 is 0 Å². The van der Waals surface area contributed by atoms with Crippen LogP contribution in [-0.4, -0.2) is 31.4 Å². The number of methoxy groups -OCH3 is 1. The number of halogens is 1. The van der Waals surface area contributed by atoms with Crippen molar-refractivity contribution in [3.05, 3.63) is 82.9 Å². The molecule has 8 heteroatoms. The van der Waals surface area contributed by atoms with Crippen molar-refractivity contribution < 1.29 is 32.9 Å². The molecule has 3 N–H and O–H groups in total. The second-order valence-electron chi connectivity index (χ2n) is 8.47. The van der Waals surface area contributed by atoms with Crippen LogP contribution in [0.2, 0.25) is 0 Å². The molecule has 3 aromatic carbocycles. The van der Waals surface area contributed by atoms with Gasteiger partial charge in [0.25, 0.3) is 0 Å². The molecule has 0 aliphatic carbocycles. The summed E-state index contributed by atoms with van der Waals surface area (Å²) in [6.45, 7) is 2.19. The lowest BCUT2D eigenvalue weighted by Crippen LogP contribution is -2.09. The smallest absolute Gasteiger partial charge is 0.310 e. The predicted molar refractivity (Wildman–Crippen MR) is 138 cm³/mol. The van der Waals surface area contributed by atoms with Gasteiger partial charge < -0.3 is 29.5 Å². The number of aliphatic hydroxyl groups is 1. The van der Waals surface area contributed by atoms with E-state index < -0.39 is 5.82 Å². The minimum Gasteiger partial charge on any atom is -0.497 e. The minimum absolute atomic E-state index is 0.0563. The first kappa shape index (κ1) is 26.2. The molecular formula is C29H30FNO6. The Kier molecular flexibility index (Phi) is 8.43. The Morgan fingerprint density at radius 3 is 2.65 bits per heavy atom. The highest BCUT2D eigenvalue weighted by molar-refractivity contribution is 5.94. The van der Waals surface area contributed by atoms with Gasteiger partial charge in [0.1, 0.15) is 35.3 Å². The molecule has 0 amide bonds. The largest absolute Gasteiger partial charge is 0.497 e. The normalized spacial score (nSPS) is 11.1. The highest BCUT2D eigenvalue weighted by Gasteiger charge is 2.18. The second kappa shape index (κ2) is 11.9. The van der Waals surface area contributed by atoms with Crippen LogP contribution in [0.4, 0.5) is 4.39 Å². The fourth-order valence-corrected chi connectivity index (χ4v) is 4.20. The Bertz CT molecular complexity index is 1400. The molecule has 0 aliphatic rings. The maximum atomic E-state index is 15.3. The van der Waals surface area contributed by atoms with Gasteiger partial charge in [-0.3, -0.25) is 4.79 Å². The summed E-state index contributed by atoms with van der Waals surface area (Å²) < 4.78 is 37.8. The topological polar surface area (TPSA) is 104 Å². The molecule has 0 radical (unpaired) electrons. The summed E-state index contributed by atoms with van der Waals surface area (Å²) in [6, 6.07) is 15.9. The summed E-state index contributed by atoms with van der Waals surface area (Å²) in [5, 5.41) is 10.1. The van der Waals surface area contributed by atoms with Crippen LogP contribution in [0.25, 0.3) is 22.1 Å². The lowest BCUT2D eigenvalue weighted by molar-refractivity contribution is -0.142. The molecule has 194 valence electrons. The van der Waals surface area contributed by atoms with Gasteiger partial charge in [0.2, 0.25) is 0 Å². The van der Waals surface area contributed by atoms with Crippen LogP contribution in [0.1, 0.15) is 29.4 Å². The number of hydrogen-bond donors (Lipinski definition) is 2. The van der Waals surface area contributed by atoms with Crippen LogP contribution < -0.4 is 15.2 Å². The van der Waals surface area contributed by atoms with E-state index in [9.17, 15) is 9.90 Å². The first-order chi connectivity index (χ1) is 18.0. The Hall–Kier alpha value is -3.88. The van der Waals surface area contributed by atoms with Crippen molar-refractivity contribution in [2.24, 2.45) is 5.73 Å². The summed E-state index contributed by atoms with van der Waals surface area (Å²) in [5.41, 5.74) is 9.00. The maximum absolute atomic E-state index is 15.3. The molecule has 1 heterocycles. The lowest BCUT2D eigenvalue weighted by atomic mass is 9.98. The van der Waals surface area contributed by atoms with Gasteiger partial charge in [-0.15, -0.1) is 0 Å². The monoisotopic (exact) mass is 507 g/mol. The molecule has 4 rings (SSSR count). The first-order valence-corrected chi connectivity index (χ1v) is 12.1. The number of nitrogens with two attached hydrogens (primary N) is 1. The zero-order valence-corrected chi connectivity index (χ0v) is 20.9. The molecule has 0 atom stereocenters. The third-order valence-corrected chi connectivity index (χ3v) is 5.98.